The lowest BCUT2D eigenvalue weighted by Crippen LogP contribution is -1.96. The molecule has 0 amide bonds. The van der Waals surface area contributed by atoms with E-state index in [1.807, 2.05) is 0 Å². The minimum absolute atomic E-state index is 0.0989. The molecule has 70 valence electrons. The predicted molar refractivity (Wildman–Crippen MR) is 50.4 cm³/mol. The molecule has 2 N–H and O–H groups in total. The molecule has 0 atom stereocenters. The van der Waals surface area contributed by atoms with Crippen LogP contribution in [0, 0.1) is 0 Å². The molecule has 0 unspecified atom stereocenters. The third-order valence-corrected chi connectivity index (χ3v) is 1.91. The third-order valence-electron chi connectivity index (χ3n) is 1.91. The van der Waals surface area contributed by atoms with E-state index < -0.39 is 5.97 Å². The minimum Gasteiger partial charge on any atom is -0.508 e. The lowest BCUT2D eigenvalue weighted by molar-refractivity contribution is 0.0696. The van der Waals surface area contributed by atoms with Crippen molar-refractivity contribution < 1.29 is 15.0 Å². The Bertz CT molecular complexity index is 508. The van der Waals surface area contributed by atoms with Gasteiger partial charge in [-0.1, -0.05) is 0 Å². The van der Waals surface area contributed by atoms with E-state index in [1.165, 1.54) is 24.4 Å². The molecule has 0 aliphatic rings. The second-order valence-corrected chi connectivity index (χ2v) is 2.91. The molecular weight excluding hydrogens is 182 g/mol. The fourth-order valence-corrected chi connectivity index (χ4v) is 1.24. The third kappa shape index (κ3) is 1.37. The summed E-state index contributed by atoms with van der Waals surface area (Å²) in [5.74, 6) is -0.926. The van der Waals surface area contributed by atoms with Gasteiger partial charge in [0.1, 0.15) is 5.75 Å². The Balaban J connectivity index is 2.69. The van der Waals surface area contributed by atoms with E-state index in [2.05, 4.69) is 4.98 Å². The Morgan fingerprint density at radius 2 is 2.07 bits per heavy atom. The first-order valence-electron chi connectivity index (χ1n) is 3.99. The molecule has 1 aromatic carbocycles. The lowest BCUT2D eigenvalue weighted by atomic mass is 10.1. The van der Waals surface area contributed by atoms with Crippen LogP contribution in [0.25, 0.3) is 10.9 Å². The molecule has 14 heavy (non-hydrogen) atoms. The van der Waals surface area contributed by atoms with Crippen molar-refractivity contribution in [3.8, 4) is 5.75 Å². The molecule has 0 aliphatic carbocycles. The zero-order valence-corrected chi connectivity index (χ0v) is 7.14. The monoisotopic (exact) mass is 189 g/mol. The number of phenolic OH excluding ortho intramolecular Hbond substituents is 1. The van der Waals surface area contributed by atoms with E-state index >= 15 is 0 Å². The van der Waals surface area contributed by atoms with Crippen molar-refractivity contribution in [2.45, 2.75) is 0 Å². The second kappa shape index (κ2) is 2.99. The standard InChI is InChI=1S/C10H7NO3/c12-8-1-2-9-6(4-8)3-7(5-11-9)10(13)14/h1-5,12H,(H,13,14). The number of aromatic nitrogens is 1. The quantitative estimate of drug-likeness (QED) is 0.715. The number of carboxylic acids is 1. The molecular formula is C10H7NO3. The molecule has 0 spiro atoms. The first-order valence-corrected chi connectivity index (χ1v) is 3.99. The van der Waals surface area contributed by atoms with E-state index in [0.717, 1.165) is 0 Å². The van der Waals surface area contributed by atoms with Crippen molar-refractivity contribution in [1.82, 2.24) is 4.98 Å². The SMILES string of the molecule is O=C(O)c1cnc2ccc(O)cc2c1. The maximum atomic E-state index is 10.6. The topological polar surface area (TPSA) is 70.4 Å². The van der Waals surface area contributed by atoms with Gasteiger partial charge < -0.3 is 10.2 Å². The van der Waals surface area contributed by atoms with Gasteiger partial charge in [-0.25, -0.2) is 4.79 Å². The highest BCUT2D eigenvalue weighted by molar-refractivity contribution is 5.92. The molecule has 2 rings (SSSR count). The second-order valence-electron chi connectivity index (χ2n) is 2.91. The van der Waals surface area contributed by atoms with E-state index in [4.69, 9.17) is 5.11 Å². The summed E-state index contributed by atoms with van der Waals surface area (Å²) in [5, 5.41) is 18.5. The number of hydrogen-bond acceptors (Lipinski definition) is 3. The van der Waals surface area contributed by atoms with Gasteiger partial charge in [0, 0.05) is 11.6 Å². The fourth-order valence-electron chi connectivity index (χ4n) is 1.24. The Kier molecular flexibility index (Phi) is 1.81. The van der Waals surface area contributed by atoms with Gasteiger partial charge in [-0.15, -0.1) is 0 Å². The van der Waals surface area contributed by atoms with E-state index in [0.29, 0.717) is 10.9 Å². The van der Waals surface area contributed by atoms with Crippen molar-refractivity contribution in [2.24, 2.45) is 0 Å². The summed E-state index contributed by atoms with van der Waals surface area (Å²) in [6.45, 7) is 0. The Morgan fingerprint density at radius 1 is 1.29 bits per heavy atom. The number of pyridine rings is 1. The van der Waals surface area contributed by atoms with Crippen LogP contribution in [-0.2, 0) is 0 Å². The molecule has 0 aliphatic heterocycles. The molecule has 4 nitrogen and oxygen atoms in total. The number of carboxylic acid groups (broad SMARTS) is 1. The smallest absolute Gasteiger partial charge is 0.337 e. The maximum Gasteiger partial charge on any atom is 0.337 e. The molecule has 1 aromatic heterocycles. The van der Waals surface area contributed by atoms with E-state index in [1.54, 1.807) is 6.07 Å². The van der Waals surface area contributed by atoms with Crippen LogP contribution in [0.15, 0.2) is 30.5 Å². The number of benzene rings is 1. The van der Waals surface area contributed by atoms with Gasteiger partial charge in [-0.05, 0) is 24.3 Å². The summed E-state index contributed by atoms with van der Waals surface area (Å²) in [5.41, 5.74) is 0.774. The number of nitrogens with zero attached hydrogens (tertiary/aromatic N) is 1. The first kappa shape index (κ1) is 8.50. The van der Waals surface area contributed by atoms with Crippen LogP contribution < -0.4 is 0 Å². The molecule has 0 radical (unpaired) electrons. The largest absolute Gasteiger partial charge is 0.508 e. The molecule has 0 fully saturated rings. The summed E-state index contributed by atoms with van der Waals surface area (Å²) in [6.07, 6.45) is 1.29. The average molecular weight is 189 g/mol. The molecule has 1 heterocycles. The van der Waals surface area contributed by atoms with Crippen molar-refractivity contribution in [3.05, 3.63) is 36.0 Å². The molecule has 0 bridgehead atoms. The number of hydrogen-bond donors (Lipinski definition) is 2. The highest BCUT2D eigenvalue weighted by atomic mass is 16.4. The Labute approximate surface area is 79.4 Å². The van der Waals surface area contributed by atoms with E-state index in [-0.39, 0.29) is 11.3 Å². The van der Waals surface area contributed by atoms with Crippen LogP contribution in [0.2, 0.25) is 0 Å². The molecule has 0 saturated heterocycles. The van der Waals surface area contributed by atoms with Crippen LogP contribution in [0.5, 0.6) is 5.75 Å². The van der Waals surface area contributed by atoms with Gasteiger partial charge in [0.25, 0.3) is 0 Å². The van der Waals surface area contributed by atoms with E-state index in [9.17, 15) is 9.90 Å². The van der Waals surface area contributed by atoms with Gasteiger partial charge >= 0.3 is 5.97 Å². The highest BCUT2D eigenvalue weighted by Crippen LogP contribution is 2.18. The van der Waals surface area contributed by atoms with Gasteiger partial charge in [-0.2, -0.15) is 0 Å². The average Bonchev–Trinajstić information content (AvgIpc) is 2.16. The number of aromatic carboxylic acids is 1. The van der Waals surface area contributed by atoms with Gasteiger partial charge in [-0.3, -0.25) is 4.98 Å². The van der Waals surface area contributed by atoms with Crippen LogP contribution in [0.4, 0.5) is 0 Å². The fraction of sp³-hybridized carbons (Fsp3) is 0. The number of phenols is 1. The number of fused-ring (bicyclic) bond motifs is 1. The zero-order chi connectivity index (χ0) is 10.1. The minimum atomic E-state index is -1.03. The van der Waals surface area contributed by atoms with Crippen molar-refractivity contribution >= 4 is 16.9 Å². The summed E-state index contributed by atoms with van der Waals surface area (Å²) in [7, 11) is 0. The summed E-state index contributed by atoms with van der Waals surface area (Å²) in [6, 6.07) is 6.10. The number of carbonyl (C=O) groups is 1. The number of aromatic hydroxyl groups is 1. The first-order chi connectivity index (χ1) is 6.66. The van der Waals surface area contributed by atoms with Crippen LogP contribution in [-0.4, -0.2) is 21.2 Å². The van der Waals surface area contributed by atoms with Crippen LogP contribution >= 0.6 is 0 Å². The van der Waals surface area contributed by atoms with Crippen LogP contribution in [0.1, 0.15) is 10.4 Å². The van der Waals surface area contributed by atoms with Crippen molar-refractivity contribution in [3.63, 3.8) is 0 Å². The lowest BCUT2D eigenvalue weighted by Gasteiger charge is -1.99. The number of rotatable bonds is 1. The van der Waals surface area contributed by atoms with Gasteiger partial charge in [0.05, 0.1) is 11.1 Å². The predicted octanol–water partition coefficient (Wildman–Crippen LogP) is 1.64. The Hall–Kier alpha value is -2.10. The summed E-state index contributed by atoms with van der Waals surface area (Å²) < 4.78 is 0. The molecule has 2 aromatic rings. The Morgan fingerprint density at radius 3 is 2.79 bits per heavy atom. The summed E-state index contributed by atoms with van der Waals surface area (Å²) >= 11 is 0. The summed E-state index contributed by atoms with van der Waals surface area (Å²) in [4.78, 5) is 14.6. The zero-order valence-electron chi connectivity index (χ0n) is 7.14. The van der Waals surface area contributed by atoms with Crippen molar-refractivity contribution in [2.75, 3.05) is 0 Å². The normalized spacial score (nSPS) is 10.3. The maximum absolute atomic E-state index is 10.6. The van der Waals surface area contributed by atoms with Crippen molar-refractivity contribution in [1.29, 1.82) is 0 Å². The molecule has 0 saturated carbocycles. The molecule has 4 heteroatoms. The van der Waals surface area contributed by atoms with Gasteiger partial charge in [0.15, 0.2) is 0 Å². The highest BCUT2D eigenvalue weighted by Gasteiger charge is 2.04. The van der Waals surface area contributed by atoms with Crippen LogP contribution in [0.3, 0.4) is 0 Å². The van der Waals surface area contributed by atoms with Gasteiger partial charge in [0.2, 0.25) is 0 Å².